The number of hydrogen-bond acceptors (Lipinski definition) is 5. The molecule has 0 bridgehead atoms. The summed E-state index contributed by atoms with van der Waals surface area (Å²) in [6.07, 6.45) is 9.69. The second kappa shape index (κ2) is 9.38. The molecule has 8 nitrogen and oxygen atoms in total. The van der Waals surface area contributed by atoms with Crippen LogP contribution in [0, 0.1) is 4.77 Å². The predicted molar refractivity (Wildman–Crippen MR) is 120 cm³/mol. The second-order valence-electron chi connectivity index (χ2n) is 7.62. The van der Waals surface area contributed by atoms with Gasteiger partial charge in [0, 0.05) is 24.4 Å². The molecule has 31 heavy (non-hydrogen) atoms. The minimum Gasteiger partial charge on any atom is -0.497 e. The summed E-state index contributed by atoms with van der Waals surface area (Å²) in [7, 11) is 3.13. The van der Waals surface area contributed by atoms with Crippen LogP contribution in [-0.4, -0.2) is 39.3 Å². The van der Waals surface area contributed by atoms with Gasteiger partial charge in [-0.2, -0.15) is 5.10 Å². The van der Waals surface area contributed by atoms with Crippen LogP contribution in [0.4, 0.5) is 5.69 Å². The van der Waals surface area contributed by atoms with Crippen LogP contribution in [0.25, 0.3) is 0 Å². The second-order valence-corrected chi connectivity index (χ2v) is 7.99. The Morgan fingerprint density at radius 3 is 2.58 bits per heavy atom. The van der Waals surface area contributed by atoms with E-state index in [2.05, 4.69) is 5.32 Å². The summed E-state index contributed by atoms with van der Waals surface area (Å²) in [6, 6.07) is 9.15. The van der Waals surface area contributed by atoms with Gasteiger partial charge < -0.3 is 14.8 Å². The number of hydrogen-bond donors (Lipinski definition) is 1. The number of rotatable bonds is 7. The van der Waals surface area contributed by atoms with Gasteiger partial charge in [-0.05, 0) is 49.3 Å². The Morgan fingerprint density at radius 2 is 1.90 bits per heavy atom. The number of nitrogens with one attached hydrogen (secondary N) is 1. The first-order valence-electron chi connectivity index (χ1n) is 10.5. The molecule has 0 radical (unpaired) electrons. The summed E-state index contributed by atoms with van der Waals surface area (Å²) in [5, 5.41) is 7.67. The summed E-state index contributed by atoms with van der Waals surface area (Å²) >= 11 is 5.72. The van der Waals surface area contributed by atoms with Crippen molar-refractivity contribution < 1.29 is 14.3 Å². The molecule has 9 heteroatoms. The highest BCUT2D eigenvalue weighted by Crippen LogP contribution is 2.32. The van der Waals surface area contributed by atoms with Crippen LogP contribution in [0.1, 0.15) is 43.8 Å². The Bertz CT molecular complexity index is 1100. The SMILES string of the molecule is COc1ccc(NC(=O)Cn2nc(C3CCCCC3)n(-n3cccc3)c2=S)c(OC)c1. The average molecular weight is 442 g/mol. The van der Waals surface area contributed by atoms with Crippen molar-refractivity contribution in [3.63, 3.8) is 0 Å². The Labute approximate surface area is 186 Å². The Hall–Kier alpha value is -3.07. The summed E-state index contributed by atoms with van der Waals surface area (Å²) in [6.45, 7) is 0.0159. The smallest absolute Gasteiger partial charge is 0.246 e. The highest BCUT2D eigenvalue weighted by Gasteiger charge is 2.24. The number of amides is 1. The third kappa shape index (κ3) is 4.51. The van der Waals surface area contributed by atoms with Crippen molar-refractivity contribution in [1.82, 2.24) is 19.1 Å². The van der Waals surface area contributed by atoms with Gasteiger partial charge >= 0.3 is 0 Å². The predicted octanol–water partition coefficient (Wildman–Crippen LogP) is 4.23. The zero-order valence-corrected chi connectivity index (χ0v) is 18.6. The van der Waals surface area contributed by atoms with Gasteiger partial charge in [-0.3, -0.25) is 9.47 Å². The fourth-order valence-electron chi connectivity index (χ4n) is 4.04. The fraction of sp³-hybridized carbons (Fsp3) is 0.409. The number of ether oxygens (including phenoxy) is 2. The minimum absolute atomic E-state index is 0.0159. The molecular formula is C22H27N5O3S. The van der Waals surface area contributed by atoms with Crippen molar-refractivity contribution in [1.29, 1.82) is 0 Å². The van der Waals surface area contributed by atoms with Crippen LogP contribution in [0.5, 0.6) is 11.5 Å². The summed E-state index contributed by atoms with van der Waals surface area (Å²) in [5.74, 6) is 2.20. The number of nitrogens with zero attached hydrogens (tertiary/aromatic N) is 4. The lowest BCUT2D eigenvalue weighted by molar-refractivity contribution is -0.117. The van der Waals surface area contributed by atoms with Crippen molar-refractivity contribution in [2.24, 2.45) is 0 Å². The molecule has 1 aliphatic rings. The molecule has 2 heterocycles. The normalized spacial score (nSPS) is 14.4. The lowest BCUT2D eigenvalue weighted by Crippen LogP contribution is -2.20. The number of benzene rings is 1. The summed E-state index contributed by atoms with van der Waals surface area (Å²) in [4.78, 5) is 12.8. The largest absolute Gasteiger partial charge is 0.497 e. The van der Waals surface area contributed by atoms with Gasteiger partial charge in [0.25, 0.3) is 0 Å². The van der Waals surface area contributed by atoms with Gasteiger partial charge in [0.1, 0.15) is 18.0 Å². The first-order valence-corrected chi connectivity index (χ1v) is 10.9. The van der Waals surface area contributed by atoms with Gasteiger partial charge in [0.15, 0.2) is 5.82 Å². The number of carbonyl (C=O) groups is 1. The molecule has 0 spiro atoms. The van der Waals surface area contributed by atoms with E-state index in [9.17, 15) is 4.79 Å². The van der Waals surface area contributed by atoms with E-state index in [4.69, 9.17) is 26.8 Å². The van der Waals surface area contributed by atoms with E-state index in [-0.39, 0.29) is 12.5 Å². The lowest BCUT2D eigenvalue weighted by atomic mass is 9.89. The van der Waals surface area contributed by atoms with Gasteiger partial charge in [0.05, 0.1) is 19.9 Å². The molecule has 1 aromatic carbocycles. The van der Waals surface area contributed by atoms with Gasteiger partial charge in [-0.1, -0.05) is 19.3 Å². The van der Waals surface area contributed by atoms with E-state index < -0.39 is 0 Å². The molecule has 1 fully saturated rings. The molecule has 0 atom stereocenters. The highest BCUT2D eigenvalue weighted by atomic mass is 32.1. The van der Waals surface area contributed by atoms with E-state index in [0.29, 0.717) is 27.9 Å². The van der Waals surface area contributed by atoms with E-state index in [1.807, 2.05) is 33.9 Å². The van der Waals surface area contributed by atoms with Crippen molar-refractivity contribution in [2.45, 2.75) is 44.6 Å². The van der Waals surface area contributed by atoms with E-state index in [0.717, 1.165) is 18.7 Å². The van der Waals surface area contributed by atoms with Crippen molar-refractivity contribution in [3.05, 3.63) is 53.3 Å². The van der Waals surface area contributed by atoms with Crippen LogP contribution in [0.2, 0.25) is 0 Å². The highest BCUT2D eigenvalue weighted by molar-refractivity contribution is 7.71. The number of aromatic nitrogens is 4. The molecule has 1 amide bonds. The molecule has 3 aromatic rings. The molecule has 0 unspecified atom stereocenters. The van der Waals surface area contributed by atoms with Gasteiger partial charge in [-0.25, -0.2) is 9.36 Å². The number of methoxy groups -OCH3 is 2. The standard InChI is InChI=1S/C22H27N5O3S/c1-29-17-10-11-18(19(14-17)30-2)23-20(28)15-26-22(31)27(25-12-6-7-13-25)21(24-26)16-8-4-3-5-9-16/h6-7,10-14,16H,3-5,8-9,15H2,1-2H3,(H,23,28). The zero-order chi connectivity index (χ0) is 21.8. The van der Waals surface area contributed by atoms with Crippen LogP contribution in [0.3, 0.4) is 0 Å². The number of carbonyl (C=O) groups excluding carboxylic acids is 1. The summed E-state index contributed by atoms with van der Waals surface area (Å²) in [5.41, 5.74) is 0.567. The van der Waals surface area contributed by atoms with Crippen molar-refractivity contribution in [2.75, 3.05) is 19.5 Å². The van der Waals surface area contributed by atoms with Gasteiger partial charge in [-0.15, -0.1) is 0 Å². The third-order valence-electron chi connectivity index (χ3n) is 5.61. The van der Waals surface area contributed by atoms with E-state index in [1.165, 1.54) is 19.3 Å². The topological polar surface area (TPSA) is 75.2 Å². The van der Waals surface area contributed by atoms with Crippen LogP contribution < -0.4 is 14.8 Å². The molecule has 1 saturated carbocycles. The lowest BCUT2D eigenvalue weighted by Gasteiger charge is -2.21. The van der Waals surface area contributed by atoms with E-state index >= 15 is 0 Å². The fourth-order valence-corrected chi connectivity index (χ4v) is 4.33. The zero-order valence-electron chi connectivity index (χ0n) is 17.8. The summed E-state index contributed by atoms with van der Waals surface area (Å²) < 4.78 is 16.5. The molecule has 1 aliphatic carbocycles. The molecular weight excluding hydrogens is 414 g/mol. The maximum atomic E-state index is 12.8. The number of anilines is 1. The van der Waals surface area contributed by atoms with Gasteiger partial charge in [0.2, 0.25) is 10.7 Å². The quantitative estimate of drug-likeness (QED) is 0.556. The van der Waals surface area contributed by atoms with Crippen molar-refractivity contribution in [3.8, 4) is 11.5 Å². The maximum absolute atomic E-state index is 12.8. The Kier molecular flexibility index (Phi) is 6.41. The first-order chi connectivity index (χ1) is 15.1. The van der Waals surface area contributed by atoms with Crippen molar-refractivity contribution >= 4 is 23.8 Å². The minimum atomic E-state index is -0.230. The third-order valence-corrected chi connectivity index (χ3v) is 5.99. The Morgan fingerprint density at radius 1 is 1.16 bits per heavy atom. The van der Waals surface area contributed by atoms with Crippen LogP contribution in [-0.2, 0) is 11.3 Å². The molecule has 1 N–H and O–H groups in total. The van der Waals surface area contributed by atoms with E-state index in [1.54, 1.807) is 37.1 Å². The monoisotopic (exact) mass is 441 g/mol. The molecule has 0 saturated heterocycles. The molecule has 4 rings (SSSR count). The maximum Gasteiger partial charge on any atom is 0.246 e. The molecule has 2 aromatic heterocycles. The Balaban J connectivity index is 1.60. The van der Waals surface area contributed by atoms with Crippen LogP contribution >= 0.6 is 12.2 Å². The first kappa shape index (κ1) is 21.2. The van der Waals surface area contributed by atoms with Crippen LogP contribution in [0.15, 0.2) is 42.7 Å². The average Bonchev–Trinajstić information content (AvgIpc) is 3.43. The molecule has 0 aliphatic heterocycles. The molecule has 164 valence electrons.